The number of hydrogen-bond acceptors (Lipinski definition) is 5. The zero-order valence-corrected chi connectivity index (χ0v) is 19.1. The van der Waals surface area contributed by atoms with Gasteiger partial charge in [-0.05, 0) is 43.7 Å². The Morgan fingerprint density at radius 3 is 2.57 bits per heavy atom. The van der Waals surface area contributed by atoms with E-state index in [4.69, 9.17) is 4.74 Å². The highest BCUT2D eigenvalue weighted by Gasteiger charge is 2.40. The van der Waals surface area contributed by atoms with Crippen LogP contribution in [-0.4, -0.2) is 92.3 Å². The summed E-state index contributed by atoms with van der Waals surface area (Å²) in [5.41, 5.74) is 1.61. The van der Waals surface area contributed by atoms with Gasteiger partial charge in [-0.25, -0.2) is 0 Å². The average molecular weight is 432 g/mol. The van der Waals surface area contributed by atoms with Crippen molar-refractivity contribution < 1.29 is 4.74 Å². The van der Waals surface area contributed by atoms with Gasteiger partial charge in [0.05, 0.1) is 19.3 Å². The topological polar surface area (TPSA) is 52.1 Å². The third kappa shape index (κ3) is 5.31. The maximum absolute atomic E-state index is 5.60. The lowest BCUT2D eigenvalue weighted by molar-refractivity contribution is -0.0120. The molecular formula is C23H37N5OS. The number of rotatable bonds is 7. The third-order valence-corrected chi connectivity index (χ3v) is 8.04. The molecule has 2 atom stereocenters. The van der Waals surface area contributed by atoms with Gasteiger partial charge in [-0.2, -0.15) is 11.8 Å². The molecule has 3 aliphatic heterocycles. The molecule has 7 heteroatoms. The van der Waals surface area contributed by atoms with Crippen LogP contribution in [0.25, 0.3) is 0 Å². The molecular weight excluding hydrogens is 394 g/mol. The molecule has 0 aliphatic carbocycles. The molecule has 3 fully saturated rings. The summed E-state index contributed by atoms with van der Waals surface area (Å²) in [6.45, 7) is 7.98. The van der Waals surface area contributed by atoms with Crippen LogP contribution in [0.5, 0.6) is 0 Å². The van der Waals surface area contributed by atoms with E-state index in [9.17, 15) is 0 Å². The van der Waals surface area contributed by atoms with E-state index in [0.717, 1.165) is 45.4 Å². The number of nitrogens with one attached hydrogen (secondary N) is 2. The van der Waals surface area contributed by atoms with Crippen LogP contribution >= 0.6 is 11.8 Å². The molecule has 2 N–H and O–H groups in total. The highest BCUT2D eigenvalue weighted by molar-refractivity contribution is 7.99. The maximum Gasteiger partial charge on any atom is 0.191 e. The first-order valence-electron chi connectivity index (χ1n) is 11.4. The van der Waals surface area contributed by atoms with Gasteiger partial charge >= 0.3 is 0 Å². The molecule has 30 heavy (non-hydrogen) atoms. The normalized spacial score (nSPS) is 27.3. The van der Waals surface area contributed by atoms with Gasteiger partial charge < -0.3 is 15.4 Å². The Balaban J connectivity index is 1.36. The van der Waals surface area contributed by atoms with Gasteiger partial charge in [0.15, 0.2) is 5.96 Å². The standard InChI is InChI=1S/C23H37N5OS/c1-24-22(26-18-23(9-16-30-19-23)28-12-14-29-15-13-28)25-17-21(27-10-5-6-11-27)20-7-3-2-4-8-20/h2-4,7-8,21H,5-6,9-19H2,1H3,(H2,24,25,26). The van der Waals surface area contributed by atoms with Crippen molar-refractivity contribution in [3.8, 4) is 0 Å². The average Bonchev–Trinajstić information content (AvgIpc) is 3.51. The molecule has 166 valence electrons. The van der Waals surface area contributed by atoms with Gasteiger partial charge in [0, 0.05) is 44.5 Å². The van der Waals surface area contributed by atoms with Crippen LogP contribution in [0.2, 0.25) is 0 Å². The number of morpholine rings is 1. The highest BCUT2D eigenvalue weighted by atomic mass is 32.2. The molecule has 1 aromatic carbocycles. The number of likely N-dealkylation sites (tertiary alicyclic amines) is 1. The maximum atomic E-state index is 5.60. The number of ether oxygens (including phenoxy) is 1. The van der Waals surface area contributed by atoms with E-state index < -0.39 is 0 Å². The lowest BCUT2D eigenvalue weighted by Crippen LogP contribution is -2.60. The Hall–Kier alpha value is -1.28. The first-order valence-corrected chi connectivity index (χ1v) is 12.6. The molecule has 3 saturated heterocycles. The molecule has 0 aromatic heterocycles. The summed E-state index contributed by atoms with van der Waals surface area (Å²) >= 11 is 2.08. The minimum atomic E-state index is 0.222. The zero-order valence-electron chi connectivity index (χ0n) is 18.3. The zero-order chi connectivity index (χ0) is 20.7. The summed E-state index contributed by atoms with van der Waals surface area (Å²) in [5, 5.41) is 7.31. The monoisotopic (exact) mass is 431 g/mol. The Morgan fingerprint density at radius 1 is 1.13 bits per heavy atom. The van der Waals surface area contributed by atoms with E-state index >= 15 is 0 Å². The second-order valence-electron chi connectivity index (χ2n) is 8.60. The molecule has 4 rings (SSSR count). The predicted octanol–water partition coefficient (Wildman–Crippen LogP) is 2.20. The van der Waals surface area contributed by atoms with Crippen molar-refractivity contribution in [1.82, 2.24) is 20.4 Å². The minimum Gasteiger partial charge on any atom is -0.379 e. The van der Waals surface area contributed by atoms with E-state index in [1.165, 1.54) is 49.4 Å². The van der Waals surface area contributed by atoms with Crippen molar-refractivity contribution in [2.45, 2.75) is 30.8 Å². The Morgan fingerprint density at radius 2 is 1.90 bits per heavy atom. The highest BCUT2D eigenvalue weighted by Crippen LogP contribution is 2.33. The molecule has 0 spiro atoms. The molecule has 6 nitrogen and oxygen atoms in total. The van der Waals surface area contributed by atoms with Crippen LogP contribution in [-0.2, 0) is 4.74 Å². The van der Waals surface area contributed by atoms with Gasteiger partial charge in [0.2, 0.25) is 0 Å². The SMILES string of the molecule is CN=C(NCC(c1ccccc1)N1CCCC1)NCC1(N2CCOCC2)CCSC1. The van der Waals surface area contributed by atoms with Crippen LogP contribution in [0.3, 0.4) is 0 Å². The summed E-state index contributed by atoms with van der Waals surface area (Å²) in [4.78, 5) is 9.80. The molecule has 0 radical (unpaired) electrons. The lowest BCUT2D eigenvalue weighted by Gasteiger charge is -2.43. The molecule has 3 aliphatic rings. The fraction of sp³-hybridized carbons (Fsp3) is 0.696. The van der Waals surface area contributed by atoms with Crippen molar-refractivity contribution >= 4 is 17.7 Å². The minimum absolute atomic E-state index is 0.222. The van der Waals surface area contributed by atoms with Gasteiger partial charge in [0.25, 0.3) is 0 Å². The molecule has 3 heterocycles. The van der Waals surface area contributed by atoms with Crippen molar-refractivity contribution in [3.05, 3.63) is 35.9 Å². The van der Waals surface area contributed by atoms with Crippen molar-refractivity contribution in [3.63, 3.8) is 0 Å². The van der Waals surface area contributed by atoms with E-state index in [2.05, 4.69) is 67.5 Å². The summed E-state index contributed by atoms with van der Waals surface area (Å²) in [6.07, 6.45) is 3.84. The number of thioether (sulfide) groups is 1. The van der Waals surface area contributed by atoms with Gasteiger partial charge in [-0.1, -0.05) is 30.3 Å². The molecule has 1 aromatic rings. The fourth-order valence-corrected chi connectivity index (χ4v) is 6.46. The Bertz CT molecular complexity index is 667. The van der Waals surface area contributed by atoms with Crippen molar-refractivity contribution in [1.29, 1.82) is 0 Å². The smallest absolute Gasteiger partial charge is 0.191 e. The summed E-state index contributed by atoms with van der Waals surface area (Å²) < 4.78 is 5.60. The number of guanidine groups is 1. The fourth-order valence-electron chi connectivity index (χ4n) is 4.98. The number of hydrogen-bond donors (Lipinski definition) is 2. The van der Waals surface area contributed by atoms with Crippen LogP contribution in [0.15, 0.2) is 35.3 Å². The first kappa shape index (κ1) is 21.9. The molecule has 0 bridgehead atoms. The van der Waals surface area contributed by atoms with E-state index in [0.29, 0.717) is 6.04 Å². The van der Waals surface area contributed by atoms with Crippen LogP contribution in [0.1, 0.15) is 30.9 Å². The van der Waals surface area contributed by atoms with E-state index in [-0.39, 0.29) is 5.54 Å². The summed E-state index contributed by atoms with van der Waals surface area (Å²) in [5.74, 6) is 3.35. The quantitative estimate of drug-likeness (QED) is 0.510. The summed E-state index contributed by atoms with van der Waals surface area (Å²) in [6, 6.07) is 11.3. The van der Waals surface area contributed by atoms with Gasteiger partial charge in [-0.3, -0.25) is 14.8 Å². The van der Waals surface area contributed by atoms with Crippen LogP contribution < -0.4 is 10.6 Å². The Kier molecular flexibility index (Phi) is 7.93. The second-order valence-corrected chi connectivity index (χ2v) is 9.71. The molecule has 2 unspecified atom stereocenters. The third-order valence-electron chi connectivity index (χ3n) is 6.80. The van der Waals surface area contributed by atoms with Gasteiger partial charge in [-0.15, -0.1) is 0 Å². The largest absolute Gasteiger partial charge is 0.379 e. The lowest BCUT2D eigenvalue weighted by atomic mass is 9.95. The summed E-state index contributed by atoms with van der Waals surface area (Å²) in [7, 11) is 1.88. The van der Waals surface area contributed by atoms with E-state index in [1.807, 2.05) is 7.05 Å². The van der Waals surface area contributed by atoms with Crippen molar-refractivity contribution in [2.75, 3.05) is 71.0 Å². The van der Waals surface area contributed by atoms with Crippen molar-refractivity contribution in [2.24, 2.45) is 4.99 Å². The van der Waals surface area contributed by atoms with E-state index in [1.54, 1.807) is 0 Å². The first-order chi connectivity index (χ1) is 14.8. The second kappa shape index (κ2) is 10.8. The predicted molar refractivity (Wildman–Crippen MR) is 126 cm³/mol. The molecule has 0 amide bonds. The number of aliphatic imine (C=N–C) groups is 1. The van der Waals surface area contributed by atoms with Crippen LogP contribution in [0, 0.1) is 0 Å². The van der Waals surface area contributed by atoms with Gasteiger partial charge in [0.1, 0.15) is 0 Å². The van der Waals surface area contributed by atoms with Crippen LogP contribution in [0.4, 0.5) is 0 Å². The number of nitrogens with zero attached hydrogens (tertiary/aromatic N) is 3. The number of benzene rings is 1. The molecule has 0 saturated carbocycles. The Labute approximate surface area is 185 Å².